The Morgan fingerprint density at radius 3 is 2.88 bits per heavy atom. The van der Waals surface area contributed by atoms with E-state index in [0.717, 1.165) is 22.0 Å². The van der Waals surface area contributed by atoms with Crippen LogP contribution in [0.2, 0.25) is 5.15 Å². The molecule has 0 aliphatic carbocycles. The molecular weight excluding hydrogens is 238 g/mol. The van der Waals surface area contributed by atoms with Gasteiger partial charge in [-0.25, -0.2) is 0 Å². The van der Waals surface area contributed by atoms with Gasteiger partial charge in [0, 0.05) is 23.6 Å². The lowest BCUT2D eigenvalue weighted by Crippen LogP contribution is -1.93. The maximum atomic E-state index is 6.06. The molecule has 0 aliphatic rings. The molecule has 3 rings (SSSR count). The summed E-state index contributed by atoms with van der Waals surface area (Å²) in [6.45, 7) is 0. The fraction of sp³-hybridized carbons (Fsp3) is 0.0909. The molecule has 0 spiro atoms. The summed E-state index contributed by atoms with van der Waals surface area (Å²) in [4.78, 5) is 0. The van der Waals surface area contributed by atoms with Crippen molar-refractivity contribution in [2.24, 2.45) is 7.05 Å². The Hall–Kier alpha value is -2.01. The first-order valence-electron chi connectivity index (χ1n) is 5.09. The number of para-hydroxylation sites is 1. The highest BCUT2D eigenvalue weighted by atomic mass is 35.5. The van der Waals surface area contributed by atoms with Crippen LogP contribution in [0.15, 0.2) is 24.4 Å². The predicted octanol–water partition coefficient (Wildman–Crippen LogP) is 2.20. The number of H-pyrrole nitrogens is 1. The second-order valence-corrected chi connectivity index (χ2v) is 4.17. The number of nitrogens with one attached hydrogen (secondary N) is 1. The molecule has 6 heteroatoms. The highest BCUT2D eigenvalue weighted by molar-refractivity contribution is 6.34. The number of fused-ring (bicyclic) bond motifs is 1. The summed E-state index contributed by atoms with van der Waals surface area (Å²) >= 11 is 6.06. The molecule has 0 amide bonds. The molecule has 0 saturated heterocycles. The Labute approximate surface area is 102 Å². The Balaban J connectivity index is 2.42. The minimum atomic E-state index is 0.492. The molecule has 0 atom stereocenters. The highest BCUT2D eigenvalue weighted by Gasteiger charge is 2.14. The number of aromatic amines is 1. The predicted molar refractivity (Wildman–Crippen MR) is 67.7 cm³/mol. The lowest BCUT2D eigenvalue weighted by Gasteiger charge is -2.03. The van der Waals surface area contributed by atoms with Gasteiger partial charge in [-0.05, 0) is 6.07 Å². The Kier molecular flexibility index (Phi) is 2.09. The molecule has 3 aromatic rings. The number of aromatic nitrogens is 4. The molecule has 2 heterocycles. The average Bonchev–Trinajstić information content (AvgIpc) is 2.85. The van der Waals surface area contributed by atoms with E-state index in [1.54, 1.807) is 10.9 Å². The number of hydrogen-bond donors (Lipinski definition) is 2. The number of rotatable bonds is 1. The first-order valence-corrected chi connectivity index (χ1v) is 5.46. The lowest BCUT2D eigenvalue weighted by atomic mass is 10.1. The molecule has 2 aromatic heterocycles. The van der Waals surface area contributed by atoms with Gasteiger partial charge in [0.25, 0.3) is 0 Å². The van der Waals surface area contributed by atoms with Gasteiger partial charge in [0.2, 0.25) is 0 Å². The van der Waals surface area contributed by atoms with Crippen LogP contribution in [0.1, 0.15) is 0 Å². The van der Waals surface area contributed by atoms with Crippen molar-refractivity contribution in [3.63, 3.8) is 0 Å². The first kappa shape index (κ1) is 10.2. The SMILES string of the molecule is Cn1nc(Cl)c2cccc(-c3cn[nH]c3N)c21. The van der Waals surface area contributed by atoms with E-state index >= 15 is 0 Å². The van der Waals surface area contributed by atoms with Crippen LogP contribution in [-0.4, -0.2) is 20.0 Å². The summed E-state index contributed by atoms with van der Waals surface area (Å²) in [5.74, 6) is 0.537. The zero-order valence-corrected chi connectivity index (χ0v) is 9.86. The van der Waals surface area contributed by atoms with Crippen molar-refractivity contribution in [1.29, 1.82) is 0 Å². The van der Waals surface area contributed by atoms with Crippen LogP contribution in [0.4, 0.5) is 5.82 Å². The van der Waals surface area contributed by atoms with Crippen molar-refractivity contribution >= 4 is 28.3 Å². The summed E-state index contributed by atoms with van der Waals surface area (Å²) in [5.41, 5.74) is 8.61. The van der Waals surface area contributed by atoms with E-state index in [2.05, 4.69) is 15.3 Å². The van der Waals surface area contributed by atoms with E-state index in [1.165, 1.54) is 0 Å². The third-order valence-electron chi connectivity index (χ3n) is 2.78. The van der Waals surface area contributed by atoms with Crippen LogP contribution in [-0.2, 0) is 7.05 Å². The summed E-state index contributed by atoms with van der Waals surface area (Å²) in [5, 5.41) is 12.3. The van der Waals surface area contributed by atoms with Crippen molar-refractivity contribution in [3.8, 4) is 11.1 Å². The zero-order valence-electron chi connectivity index (χ0n) is 9.11. The van der Waals surface area contributed by atoms with Gasteiger partial charge in [0.05, 0.1) is 11.7 Å². The molecule has 86 valence electrons. The van der Waals surface area contributed by atoms with E-state index in [1.807, 2.05) is 25.2 Å². The summed E-state index contributed by atoms with van der Waals surface area (Å²) in [6.07, 6.45) is 1.70. The van der Waals surface area contributed by atoms with Crippen LogP contribution >= 0.6 is 11.6 Å². The van der Waals surface area contributed by atoms with Crippen molar-refractivity contribution in [1.82, 2.24) is 20.0 Å². The lowest BCUT2D eigenvalue weighted by molar-refractivity contribution is 0.798. The molecule has 1 aromatic carbocycles. The smallest absolute Gasteiger partial charge is 0.158 e. The maximum Gasteiger partial charge on any atom is 0.158 e. The monoisotopic (exact) mass is 247 g/mol. The second-order valence-electron chi connectivity index (χ2n) is 3.81. The van der Waals surface area contributed by atoms with Gasteiger partial charge in [0.15, 0.2) is 5.15 Å². The van der Waals surface area contributed by atoms with Crippen LogP contribution in [0.3, 0.4) is 0 Å². The normalized spacial score (nSPS) is 11.2. The topological polar surface area (TPSA) is 72.5 Å². The van der Waals surface area contributed by atoms with Gasteiger partial charge in [-0.3, -0.25) is 9.78 Å². The molecular formula is C11H10ClN5. The number of nitrogen functional groups attached to an aromatic ring is 1. The molecule has 0 saturated carbocycles. The molecule has 0 aliphatic heterocycles. The summed E-state index contributed by atoms with van der Waals surface area (Å²) in [7, 11) is 1.86. The molecule has 3 N–H and O–H groups in total. The van der Waals surface area contributed by atoms with E-state index in [-0.39, 0.29) is 0 Å². The number of hydrogen-bond acceptors (Lipinski definition) is 3. The Morgan fingerprint density at radius 1 is 1.35 bits per heavy atom. The van der Waals surface area contributed by atoms with E-state index in [0.29, 0.717) is 11.0 Å². The van der Waals surface area contributed by atoms with Crippen LogP contribution < -0.4 is 5.73 Å². The van der Waals surface area contributed by atoms with E-state index in [9.17, 15) is 0 Å². The molecule has 0 bridgehead atoms. The van der Waals surface area contributed by atoms with E-state index in [4.69, 9.17) is 17.3 Å². The number of benzene rings is 1. The van der Waals surface area contributed by atoms with Gasteiger partial charge >= 0.3 is 0 Å². The Morgan fingerprint density at radius 2 is 2.18 bits per heavy atom. The fourth-order valence-corrected chi connectivity index (χ4v) is 2.29. The molecule has 0 unspecified atom stereocenters. The second kappa shape index (κ2) is 3.49. The third-order valence-corrected chi connectivity index (χ3v) is 3.06. The largest absolute Gasteiger partial charge is 0.384 e. The number of nitrogens with two attached hydrogens (primary N) is 1. The number of aryl methyl sites for hydroxylation is 1. The number of halogens is 1. The van der Waals surface area contributed by atoms with Gasteiger partial charge in [-0.1, -0.05) is 23.7 Å². The minimum Gasteiger partial charge on any atom is -0.384 e. The quantitative estimate of drug-likeness (QED) is 0.692. The Bertz CT molecular complexity index is 697. The van der Waals surface area contributed by atoms with Crippen LogP contribution in [0, 0.1) is 0 Å². The summed E-state index contributed by atoms with van der Waals surface area (Å²) in [6, 6.07) is 5.84. The molecule has 0 fully saturated rings. The van der Waals surface area contributed by atoms with Crippen molar-refractivity contribution in [3.05, 3.63) is 29.5 Å². The standard InChI is InChI=1S/C11H10ClN5/c1-17-9-6(8-5-14-15-11(8)13)3-2-4-7(9)10(12)16-17/h2-5H,1H3,(H3,13,14,15). The van der Waals surface area contributed by atoms with Gasteiger partial charge in [0.1, 0.15) is 5.82 Å². The van der Waals surface area contributed by atoms with Gasteiger partial charge in [-0.2, -0.15) is 10.2 Å². The average molecular weight is 248 g/mol. The number of anilines is 1. The maximum absolute atomic E-state index is 6.06. The van der Waals surface area contributed by atoms with Crippen LogP contribution in [0.25, 0.3) is 22.0 Å². The van der Waals surface area contributed by atoms with Crippen molar-refractivity contribution in [2.45, 2.75) is 0 Å². The zero-order chi connectivity index (χ0) is 12.0. The minimum absolute atomic E-state index is 0.492. The van der Waals surface area contributed by atoms with Crippen molar-refractivity contribution in [2.75, 3.05) is 5.73 Å². The number of nitrogens with zero attached hydrogens (tertiary/aromatic N) is 3. The first-order chi connectivity index (χ1) is 8.18. The molecule has 17 heavy (non-hydrogen) atoms. The molecule has 5 nitrogen and oxygen atoms in total. The van der Waals surface area contributed by atoms with E-state index < -0.39 is 0 Å². The summed E-state index contributed by atoms with van der Waals surface area (Å²) < 4.78 is 1.75. The molecule has 0 radical (unpaired) electrons. The van der Waals surface area contributed by atoms with Gasteiger partial charge < -0.3 is 5.73 Å². The van der Waals surface area contributed by atoms with Gasteiger partial charge in [-0.15, -0.1) is 0 Å². The van der Waals surface area contributed by atoms with Crippen LogP contribution in [0.5, 0.6) is 0 Å². The fourth-order valence-electron chi connectivity index (χ4n) is 2.02. The van der Waals surface area contributed by atoms with Crippen molar-refractivity contribution < 1.29 is 0 Å². The highest BCUT2D eigenvalue weighted by Crippen LogP contribution is 2.33. The third kappa shape index (κ3) is 1.39.